The van der Waals surface area contributed by atoms with Gasteiger partial charge in [-0.2, -0.15) is 4.79 Å². The van der Waals surface area contributed by atoms with Gasteiger partial charge in [0.2, 0.25) is 5.78 Å². The molecule has 2 atom stereocenters. The Labute approximate surface area is 129 Å². The number of nitrogens with zero attached hydrogens (tertiary/aromatic N) is 3. The number of Topliss-reactive ketones (excluding diaryl/α,β-unsaturated/α-hetero) is 1. The summed E-state index contributed by atoms with van der Waals surface area (Å²) in [4.78, 5) is 40.0. The van der Waals surface area contributed by atoms with Crippen molar-refractivity contribution < 1.29 is 33.8 Å². The van der Waals surface area contributed by atoms with Crippen molar-refractivity contribution >= 4 is 23.9 Å². The van der Waals surface area contributed by atoms with Crippen LogP contribution in [0, 0.1) is 5.82 Å². The number of carboxylic acids is 1. The maximum absolute atomic E-state index is 12.7. The number of pyridine rings is 1. The molecule has 0 saturated carbocycles. The van der Waals surface area contributed by atoms with Gasteiger partial charge >= 0.3 is 12.2 Å². The first kappa shape index (κ1) is 18.1. The average Bonchev–Trinajstić information content (AvgIpc) is 2.51. The first-order valence-electron chi connectivity index (χ1n) is 6.38. The molecule has 122 valence electrons. The maximum atomic E-state index is 12.7. The number of hydrogen-bond donors (Lipinski definition) is 3. The number of carbonyl (C=O) groups is 3. The Kier molecular flexibility index (Phi) is 6.66. The second-order valence-electron chi connectivity index (χ2n) is 4.45. The molecule has 0 spiro atoms. The third-order valence-corrected chi connectivity index (χ3v) is 2.77. The van der Waals surface area contributed by atoms with E-state index in [0.29, 0.717) is 6.21 Å². The SMILES string of the molecule is [N-]=[N+]=CC(=O)CCC(NC(=O)C(O)c1ccc(F)cn1)C(=O)O. The van der Waals surface area contributed by atoms with Crippen LogP contribution in [0.25, 0.3) is 5.53 Å². The van der Waals surface area contributed by atoms with Crippen molar-refractivity contribution in [3.05, 3.63) is 35.4 Å². The van der Waals surface area contributed by atoms with Gasteiger partial charge in [0, 0.05) is 6.42 Å². The standard InChI is InChI=1S/C13H13FN4O5/c14-7-1-3-9(16-5-7)11(20)12(21)18-10(13(22)23)4-2-8(19)6-17-15/h1,3,5-6,10-11,20H,2,4H2,(H,18,21)(H,22,23). The monoisotopic (exact) mass is 324 g/mol. The van der Waals surface area contributed by atoms with Gasteiger partial charge in [-0.25, -0.2) is 9.18 Å². The van der Waals surface area contributed by atoms with E-state index in [2.05, 4.69) is 9.77 Å². The zero-order chi connectivity index (χ0) is 17.4. The van der Waals surface area contributed by atoms with Crippen LogP contribution in [0.3, 0.4) is 0 Å². The van der Waals surface area contributed by atoms with E-state index < -0.39 is 35.6 Å². The summed E-state index contributed by atoms with van der Waals surface area (Å²) in [6.45, 7) is 0. The molecule has 10 heteroatoms. The highest BCUT2D eigenvalue weighted by atomic mass is 19.1. The number of aromatic nitrogens is 1. The van der Waals surface area contributed by atoms with E-state index in [4.69, 9.17) is 10.6 Å². The molecule has 0 saturated heterocycles. The maximum Gasteiger partial charge on any atom is 0.326 e. The van der Waals surface area contributed by atoms with Crippen LogP contribution in [-0.2, 0) is 14.4 Å². The van der Waals surface area contributed by atoms with Crippen LogP contribution in [0.5, 0.6) is 0 Å². The number of aliphatic carboxylic acids is 1. The number of aliphatic hydroxyl groups is 1. The summed E-state index contributed by atoms with van der Waals surface area (Å²) < 4.78 is 12.7. The predicted molar refractivity (Wildman–Crippen MR) is 72.6 cm³/mol. The van der Waals surface area contributed by atoms with Crippen molar-refractivity contribution in [2.75, 3.05) is 0 Å². The van der Waals surface area contributed by atoms with Crippen molar-refractivity contribution in [1.29, 1.82) is 0 Å². The molecule has 0 aliphatic carbocycles. The lowest BCUT2D eigenvalue weighted by atomic mass is 10.1. The second-order valence-corrected chi connectivity index (χ2v) is 4.45. The number of hydrogen-bond acceptors (Lipinski definition) is 5. The molecule has 1 heterocycles. The minimum absolute atomic E-state index is 0.156. The Morgan fingerprint density at radius 3 is 2.65 bits per heavy atom. The van der Waals surface area contributed by atoms with E-state index >= 15 is 0 Å². The van der Waals surface area contributed by atoms with Crippen LogP contribution < -0.4 is 5.32 Å². The summed E-state index contributed by atoms with van der Waals surface area (Å²) >= 11 is 0. The Bertz CT molecular complexity index is 642. The number of aliphatic hydroxyl groups excluding tert-OH is 1. The number of halogens is 1. The highest BCUT2D eigenvalue weighted by molar-refractivity contribution is 6.25. The fraction of sp³-hybridized carbons (Fsp3) is 0.308. The third kappa shape index (κ3) is 5.73. The molecule has 0 aromatic carbocycles. The lowest BCUT2D eigenvalue weighted by molar-refractivity contribution is -0.143. The lowest BCUT2D eigenvalue weighted by Crippen LogP contribution is -2.43. The molecule has 0 radical (unpaired) electrons. The smallest absolute Gasteiger partial charge is 0.326 e. The van der Waals surface area contributed by atoms with Gasteiger partial charge in [0.05, 0.1) is 11.9 Å². The average molecular weight is 324 g/mol. The van der Waals surface area contributed by atoms with Gasteiger partial charge in [0.15, 0.2) is 6.10 Å². The molecule has 9 nitrogen and oxygen atoms in total. The molecule has 1 rings (SSSR count). The second kappa shape index (κ2) is 8.47. The number of carboxylic acid groups (broad SMARTS) is 1. The normalized spacial score (nSPS) is 12.6. The van der Waals surface area contributed by atoms with Crippen LogP contribution >= 0.6 is 0 Å². The highest BCUT2D eigenvalue weighted by Crippen LogP contribution is 2.11. The van der Waals surface area contributed by atoms with Gasteiger partial charge < -0.3 is 21.1 Å². The van der Waals surface area contributed by atoms with E-state index in [0.717, 1.165) is 18.3 Å². The van der Waals surface area contributed by atoms with Gasteiger partial charge in [0.25, 0.3) is 5.91 Å². The molecular weight excluding hydrogens is 311 g/mol. The van der Waals surface area contributed by atoms with Crippen LogP contribution in [0.15, 0.2) is 18.3 Å². The van der Waals surface area contributed by atoms with Crippen LogP contribution in [0.4, 0.5) is 4.39 Å². The molecule has 1 amide bonds. The number of ketones is 1. The van der Waals surface area contributed by atoms with E-state index in [1.54, 1.807) is 0 Å². The number of carbonyl (C=O) groups excluding carboxylic acids is 2. The van der Waals surface area contributed by atoms with E-state index in [9.17, 15) is 23.9 Å². The molecule has 0 aliphatic rings. The lowest BCUT2D eigenvalue weighted by Gasteiger charge is -2.16. The van der Waals surface area contributed by atoms with Crippen molar-refractivity contribution in [1.82, 2.24) is 10.3 Å². The summed E-state index contributed by atoms with van der Waals surface area (Å²) in [7, 11) is 0. The zero-order valence-electron chi connectivity index (χ0n) is 11.7. The topological polar surface area (TPSA) is 153 Å². The molecule has 2 unspecified atom stereocenters. The number of nitrogens with one attached hydrogen (secondary N) is 1. The summed E-state index contributed by atoms with van der Waals surface area (Å²) in [6, 6.07) is 0.630. The zero-order valence-corrected chi connectivity index (χ0v) is 11.7. The quantitative estimate of drug-likeness (QED) is 0.332. The fourth-order valence-corrected chi connectivity index (χ4v) is 1.61. The predicted octanol–water partition coefficient (Wildman–Crippen LogP) is -0.527. The summed E-state index contributed by atoms with van der Waals surface area (Å²) in [5.41, 5.74) is 8.01. The van der Waals surface area contributed by atoms with E-state index in [1.165, 1.54) is 0 Å². The van der Waals surface area contributed by atoms with Gasteiger partial charge in [-0.3, -0.25) is 14.6 Å². The number of amides is 1. The largest absolute Gasteiger partial charge is 0.480 e. The first-order chi connectivity index (χ1) is 10.8. The van der Waals surface area contributed by atoms with Crippen molar-refractivity contribution in [2.45, 2.75) is 25.0 Å². The number of rotatable bonds is 8. The Hall–Kier alpha value is -2.97. The minimum atomic E-state index is -1.79. The van der Waals surface area contributed by atoms with Crippen LogP contribution in [0.1, 0.15) is 24.6 Å². The van der Waals surface area contributed by atoms with Gasteiger partial charge in [-0.15, -0.1) is 0 Å². The molecule has 1 aromatic heterocycles. The molecule has 23 heavy (non-hydrogen) atoms. The molecule has 3 N–H and O–H groups in total. The Morgan fingerprint density at radius 2 is 2.13 bits per heavy atom. The first-order valence-corrected chi connectivity index (χ1v) is 6.38. The summed E-state index contributed by atoms with van der Waals surface area (Å²) in [6.07, 6.45) is -0.931. The van der Waals surface area contributed by atoms with Gasteiger partial charge in [0.1, 0.15) is 11.9 Å². The van der Waals surface area contributed by atoms with Crippen molar-refractivity contribution in [3.63, 3.8) is 0 Å². The van der Waals surface area contributed by atoms with Crippen LogP contribution in [0.2, 0.25) is 0 Å². The molecule has 0 bridgehead atoms. The molecular formula is C13H13FN4O5. The van der Waals surface area contributed by atoms with E-state index in [1.807, 2.05) is 5.32 Å². The molecule has 0 fully saturated rings. The highest BCUT2D eigenvalue weighted by Gasteiger charge is 2.26. The van der Waals surface area contributed by atoms with Crippen molar-refractivity contribution in [3.8, 4) is 0 Å². The summed E-state index contributed by atoms with van der Waals surface area (Å²) in [5.74, 6) is -3.76. The van der Waals surface area contributed by atoms with Crippen molar-refractivity contribution in [2.24, 2.45) is 0 Å². The minimum Gasteiger partial charge on any atom is -0.480 e. The summed E-state index contributed by atoms with van der Waals surface area (Å²) in [5, 5.41) is 20.8. The van der Waals surface area contributed by atoms with Gasteiger partial charge in [-0.1, -0.05) is 0 Å². The van der Waals surface area contributed by atoms with Gasteiger partial charge in [-0.05, 0) is 18.6 Å². The molecule has 1 aromatic rings. The Balaban J connectivity index is 2.69. The molecule has 0 aliphatic heterocycles. The fourth-order valence-electron chi connectivity index (χ4n) is 1.61. The van der Waals surface area contributed by atoms with Crippen LogP contribution in [-0.4, -0.2) is 49.9 Å². The Morgan fingerprint density at radius 1 is 1.43 bits per heavy atom. The van der Waals surface area contributed by atoms with E-state index in [-0.39, 0.29) is 18.5 Å². The third-order valence-electron chi connectivity index (χ3n) is 2.77.